The van der Waals surface area contributed by atoms with Crippen molar-refractivity contribution in [2.45, 2.75) is 97.8 Å². The summed E-state index contributed by atoms with van der Waals surface area (Å²) >= 11 is 0. The van der Waals surface area contributed by atoms with Crippen LogP contribution >= 0.6 is 0 Å². The van der Waals surface area contributed by atoms with Crippen LogP contribution in [0.3, 0.4) is 0 Å². The van der Waals surface area contributed by atoms with Gasteiger partial charge in [-0.15, -0.1) is 0 Å². The minimum Gasteiger partial charge on any atom is -0.320 e. The second-order valence-electron chi connectivity index (χ2n) is 9.18. The van der Waals surface area contributed by atoms with Gasteiger partial charge in [0.2, 0.25) is 0 Å². The molecule has 0 bridgehead atoms. The molecule has 0 aromatic rings. The molecule has 2 aliphatic rings. The van der Waals surface area contributed by atoms with Gasteiger partial charge >= 0.3 is 0 Å². The van der Waals surface area contributed by atoms with Crippen LogP contribution in [-0.2, 0) is 0 Å². The largest absolute Gasteiger partial charge is 0.320 e. The van der Waals surface area contributed by atoms with Crippen molar-refractivity contribution >= 4 is 0 Å². The normalized spacial score (nSPS) is 26.5. The molecule has 2 aliphatic carbocycles. The Bertz CT molecular complexity index is 437. The summed E-state index contributed by atoms with van der Waals surface area (Å²) in [5, 5.41) is 3.30. The molecule has 26 heavy (non-hydrogen) atoms. The fraction of sp³-hybridized carbons (Fsp3) is 0.840. The SMILES string of the molecule is CC/C=C/C1CC(C2(/C=C(\C)C(CCCC)CCCCNC)CCC2)C1. The second-order valence-corrected chi connectivity index (χ2v) is 9.18. The molecular weight excluding hydrogens is 314 g/mol. The van der Waals surface area contributed by atoms with Gasteiger partial charge in [0.25, 0.3) is 0 Å². The lowest BCUT2D eigenvalue weighted by Crippen LogP contribution is -2.43. The zero-order chi connectivity index (χ0) is 18.8. The van der Waals surface area contributed by atoms with Crippen LogP contribution in [-0.4, -0.2) is 13.6 Å². The van der Waals surface area contributed by atoms with Gasteiger partial charge in [-0.05, 0) is 95.1 Å². The second kappa shape index (κ2) is 11.3. The topological polar surface area (TPSA) is 12.0 Å². The molecule has 0 aromatic carbocycles. The van der Waals surface area contributed by atoms with Gasteiger partial charge in [0.15, 0.2) is 0 Å². The van der Waals surface area contributed by atoms with Crippen LogP contribution in [0.1, 0.15) is 97.8 Å². The van der Waals surface area contributed by atoms with Crippen LogP contribution in [0.5, 0.6) is 0 Å². The van der Waals surface area contributed by atoms with Crippen LogP contribution in [0.4, 0.5) is 0 Å². The molecular formula is C25H45N. The molecule has 1 unspecified atom stereocenters. The quantitative estimate of drug-likeness (QED) is 0.269. The Kier molecular flexibility index (Phi) is 9.46. The molecule has 0 amide bonds. The van der Waals surface area contributed by atoms with E-state index in [1.807, 2.05) is 0 Å². The van der Waals surface area contributed by atoms with E-state index in [0.29, 0.717) is 5.41 Å². The van der Waals surface area contributed by atoms with Gasteiger partial charge < -0.3 is 5.32 Å². The Hall–Kier alpha value is -0.560. The summed E-state index contributed by atoms with van der Waals surface area (Å²) in [4.78, 5) is 0. The van der Waals surface area contributed by atoms with E-state index in [-0.39, 0.29) is 0 Å². The van der Waals surface area contributed by atoms with Crippen LogP contribution in [0, 0.1) is 23.2 Å². The van der Waals surface area contributed by atoms with Crippen LogP contribution in [0.25, 0.3) is 0 Å². The van der Waals surface area contributed by atoms with E-state index >= 15 is 0 Å². The van der Waals surface area contributed by atoms with Crippen molar-refractivity contribution in [2.24, 2.45) is 23.2 Å². The molecule has 1 atom stereocenters. The molecule has 0 heterocycles. The van der Waals surface area contributed by atoms with Crippen LogP contribution in [0.2, 0.25) is 0 Å². The third kappa shape index (κ3) is 5.98. The van der Waals surface area contributed by atoms with Crippen LogP contribution in [0.15, 0.2) is 23.8 Å². The Balaban J connectivity index is 1.94. The fourth-order valence-electron chi connectivity index (χ4n) is 5.19. The summed E-state index contributed by atoms with van der Waals surface area (Å²) in [6.07, 6.45) is 24.3. The summed E-state index contributed by atoms with van der Waals surface area (Å²) in [7, 11) is 2.07. The van der Waals surface area contributed by atoms with Crippen molar-refractivity contribution in [3.8, 4) is 0 Å². The smallest absolute Gasteiger partial charge is 0.00519 e. The van der Waals surface area contributed by atoms with Gasteiger partial charge in [-0.3, -0.25) is 0 Å². The van der Waals surface area contributed by atoms with Crippen molar-refractivity contribution in [3.05, 3.63) is 23.8 Å². The van der Waals surface area contributed by atoms with E-state index in [4.69, 9.17) is 0 Å². The van der Waals surface area contributed by atoms with Crippen molar-refractivity contribution < 1.29 is 0 Å². The molecule has 0 spiro atoms. The molecule has 1 nitrogen and oxygen atoms in total. The van der Waals surface area contributed by atoms with Gasteiger partial charge in [-0.25, -0.2) is 0 Å². The number of unbranched alkanes of at least 4 members (excludes halogenated alkanes) is 2. The lowest BCUT2D eigenvalue weighted by molar-refractivity contribution is 0.0256. The minimum absolute atomic E-state index is 0.579. The van der Waals surface area contributed by atoms with Gasteiger partial charge in [-0.1, -0.05) is 63.3 Å². The summed E-state index contributed by atoms with van der Waals surface area (Å²) in [6.45, 7) is 8.22. The average molecular weight is 360 g/mol. The number of hydrogen-bond donors (Lipinski definition) is 1. The zero-order valence-electron chi connectivity index (χ0n) is 18.2. The predicted molar refractivity (Wildman–Crippen MR) is 116 cm³/mol. The fourth-order valence-corrected chi connectivity index (χ4v) is 5.19. The summed E-state index contributed by atoms with van der Waals surface area (Å²) < 4.78 is 0. The first-order valence-corrected chi connectivity index (χ1v) is 11.7. The lowest BCUT2D eigenvalue weighted by Gasteiger charge is -2.53. The maximum absolute atomic E-state index is 3.30. The molecule has 1 N–H and O–H groups in total. The number of nitrogens with one attached hydrogen (secondary N) is 1. The first-order valence-electron chi connectivity index (χ1n) is 11.7. The van der Waals surface area contributed by atoms with Crippen molar-refractivity contribution in [2.75, 3.05) is 13.6 Å². The third-order valence-electron chi connectivity index (χ3n) is 7.21. The van der Waals surface area contributed by atoms with Gasteiger partial charge in [0, 0.05) is 0 Å². The van der Waals surface area contributed by atoms with Gasteiger partial charge in [-0.2, -0.15) is 0 Å². The first-order chi connectivity index (χ1) is 12.6. The Morgan fingerprint density at radius 3 is 2.42 bits per heavy atom. The highest BCUT2D eigenvalue weighted by Gasteiger charge is 2.47. The van der Waals surface area contributed by atoms with Crippen molar-refractivity contribution in [1.29, 1.82) is 0 Å². The zero-order valence-corrected chi connectivity index (χ0v) is 18.2. The van der Waals surface area contributed by atoms with E-state index in [9.17, 15) is 0 Å². The maximum Gasteiger partial charge on any atom is -0.00519 e. The van der Waals surface area contributed by atoms with E-state index in [1.54, 1.807) is 5.57 Å². The molecule has 2 fully saturated rings. The molecule has 0 saturated heterocycles. The highest BCUT2D eigenvalue weighted by Crippen LogP contribution is 2.58. The van der Waals surface area contributed by atoms with Crippen molar-refractivity contribution in [1.82, 2.24) is 5.32 Å². The molecule has 0 radical (unpaired) electrons. The van der Waals surface area contributed by atoms with Gasteiger partial charge in [0.1, 0.15) is 0 Å². The van der Waals surface area contributed by atoms with E-state index in [1.165, 1.54) is 83.6 Å². The molecule has 1 heteroatoms. The average Bonchev–Trinajstić information content (AvgIpc) is 2.57. The van der Waals surface area contributed by atoms with Crippen molar-refractivity contribution in [3.63, 3.8) is 0 Å². The van der Waals surface area contributed by atoms with E-state index in [0.717, 1.165) is 17.8 Å². The number of allylic oxidation sites excluding steroid dienone is 4. The van der Waals surface area contributed by atoms with Crippen LogP contribution < -0.4 is 5.32 Å². The minimum atomic E-state index is 0.579. The van der Waals surface area contributed by atoms with Gasteiger partial charge in [0.05, 0.1) is 0 Å². The summed E-state index contributed by atoms with van der Waals surface area (Å²) in [5.41, 5.74) is 2.31. The first kappa shape index (κ1) is 21.7. The standard InChI is InChI=1S/C25H45N/c1-5-7-12-22-18-24(19-22)25(15-11-16-25)20-21(3)23(13-8-6-2)14-9-10-17-26-4/h7,12,20,22-24,26H,5-6,8-11,13-19H2,1-4H3/b12-7+,21-20+. The predicted octanol–water partition coefficient (Wildman–Crippen LogP) is 7.29. The Labute approximate surface area is 164 Å². The Morgan fingerprint density at radius 2 is 1.85 bits per heavy atom. The molecule has 0 aliphatic heterocycles. The molecule has 0 aromatic heterocycles. The third-order valence-corrected chi connectivity index (χ3v) is 7.21. The molecule has 2 rings (SSSR count). The lowest BCUT2D eigenvalue weighted by atomic mass is 9.52. The highest BCUT2D eigenvalue weighted by molar-refractivity contribution is 5.18. The molecule has 2 saturated carbocycles. The highest BCUT2D eigenvalue weighted by atomic mass is 14.8. The monoisotopic (exact) mass is 359 g/mol. The summed E-state index contributed by atoms with van der Waals surface area (Å²) in [5.74, 6) is 2.68. The number of rotatable bonds is 13. The Morgan fingerprint density at radius 1 is 1.12 bits per heavy atom. The summed E-state index contributed by atoms with van der Waals surface area (Å²) in [6, 6.07) is 0. The molecule has 150 valence electrons. The number of hydrogen-bond acceptors (Lipinski definition) is 1. The van der Waals surface area contributed by atoms with E-state index in [2.05, 4.69) is 51.4 Å². The maximum atomic E-state index is 3.30. The van der Waals surface area contributed by atoms with E-state index < -0.39 is 0 Å².